The van der Waals surface area contributed by atoms with Crippen LogP contribution in [0.15, 0.2) is 48.5 Å². The fourth-order valence-corrected chi connectivity index (χ4v) is 16.0. The van der Waals surface area contributed by atoms with Crippen molar-refractivity contribution < 1.29 is 34.5 Å². The van der Waals surface area contributed by atoms with Crippen molar-refractivity contribution in [2.45, 2.75) is 81.2 Å². The molecule has 3 N–H and O–H groups in total. The minimum atomic E-state index is -1.96. The molecule has 6 aliphatic heterocycles. The normalized spacial score (nSPS) is 40.7. The zero-order valence-corrected chi connectivity index (χ0v) is 35.8. The molecule has 4 saturated heterocycles. The van der Waals surface area contributed by atoms with Crippen molar-refractivity contribution in [1.82, 2.24) is 19.6 Å². The van der Waals surface area contributed by atoms with Gasteiger partial charge < -0.3 is 34.9 Å². The van der Waals surface area contributed by atoms with Gasteiger partial charge in [0.05, 0.1) is 16.9 Å². The summed E-state index contributed by atoms with van der Waals surface area (Å²) in [6.07, 6.45) is 0.185. The van der Waals surface area contributed by atoms with E-state index in [0.29, 0.717) is 28.9 Å². The molecule has 2 aromatic rings. The summed E-state index contributed by atoms with van der Waals surface area (Å²) in [5.41, 5.74) is -1.05. The number of likely N-dealkylation sites (N-methyl/N-ethyl adjacent to an activating group) is 4. The Morgan fingerprint density at radius 3 is 1.44 bits per heavy atom. The Labute approximate surface area is 338 Å². The fourth-order valence-electron chi connectivity index (χ4n) is 11.9. The van der Waals surface area contributed by atoms with Gasteiger partial charge in [0.15, 0.2) is 19.5 Å². The van der Waals surface area contributed by atoms with Crippen molar-refractivity contribution in [2.24, 2.45) is 0 Å². The molecule has 6 aliphatic rings. The summed E-state index contributed by atoms with van der Waals surface area (Å²) in [6, 6.07) is 14.9. The number of aliphatic hydroxyl groups excluding tert-OH is 3. The number of aliphatic hydroxyl groups is 3. The van der Waals surface area contributed by atoms with E-state index in [2.05, 4.69) is 0 Å². The maximum Gasteiger partial charge on any atom is 0.265 e. The van der Waals surface area contributed by atoms with E-state index >= 15 is 19.2 Å². The Morgan fingerprint density at radius 1 is 0.636 bits per heavy atom. The number of piperazine rings is 2. The molecule has 6 heterocycles. The summed E-state index contributed by atoms with van der Waals surface area (Å²) in [4.78, 5) is 64.6. The molecule has 17 heteroatoms. The summed E-state index contributed by atoms with van der Waals surface area (Å²) in [5, 5.41) is 39.1. The number of carbonyl (C=O) groups excluding carboxylic acids is 4. The highest BCUT2D eigenvalue weighted by Crippen LogP contribution is 2.76. The highest BCUT2D eigenvalue weighted by atomic mass is 32.2. The summed E-state index contributed by atoms with van der Waals surface area (Å²) in [7, 11) is 6.74. The van der Waals surface area contributed by atoms with Crippen LogP contribution in [0.3, 0.4) is 0 Å². The molecule has 0 bridgehead atoms. The first kappa shape index (κ1) is 39.0. The lowest BCUT2D eigenvalue weighted by Crippen LogP contribution is -2.78. The van der Waals surface area contributed by atoms with Crippen LogP contribution in [0, 0.1) is 0 Å². The first-order valence-electron chi connectivity index (χ1n) is 18.2. The smallest absolute Gasteiger partial charge is 0.265 e. The van der Waals surface area contributed by atoms with Crippen LogP contribution in [0.5, 0.6) is 0 Å². The third kappa shape index (κ3) is 3.61. The molecule has 6 unspecified atom stereocenters. The van der Waals surface area contributed by atoms with Gasteiger partial charge in [0, 0.05) is 39.6 Å². The predicted octanol–water partition coefficient (Wildman–Crippen LogP) is 1.79. The molecular formula is C38H48N6O7S4. The molecule has 8 rings (SSSR count). The van der Waals surface area contributed by atoms with E-state index in [0.717, 1.165) is 35.3 Å². The number of hydrogen-bond donors (Lipinski definition) is 3. The Morgan fingerprint density at radius 2 is 1.05 bits per heavy atom. The number of thioether (sulfide) groups is 4. The first-order valence-corrected chi connectivity index (χ1v) is 23.1. The minimum absolute atomic E-state index is 0.291. The van der Waals surface area contributed by atoms with Gasteiger partial charge in [-0.25, -0.2) is 0 Å². The van der Waals surface area contributed by atoms with E-state index in [1.54, 1.807) is 37.0 Å². The summed E-state index contributed by atoms with van der Waals surface area (Å²) < 4.78 is 0. The summed E-state index contributed by atoms with van der Waals surface area (Å²) >= 11 is 4.45. The van der Waals surface area contributed by atoms with Crippen LogP contribution in [0.1, 0.15) is 31.4 Å². The third-order valence-corrected chi connectivity index (χ3v) is 19.4. The van der Waals surface area contributed by atoms with Crippen molar-refractivity contribution in [3.8, 4) is 0 Å². The van der Waals surface area contributed by atoms with Gasteiger partial charge in [0.25, 0.3) is 23.6 Å². The molecule has 0 spiro atoms. The van der Waals surface area contributed by atoms with Crippen molar-refractivity contribution >= 4 is 82.1 Å². The van der Waals surface area contributed by atoms with Crippen LogP contribution in [0.2, 0.25) is 0 Å². The predicted molar refractivity (Wildman–Crippen MR) is 219 cm³/mol. The van der Waals surface area contributed by atoms with E-state index in [4.69, 9.17) is 0 Å². The molecule has 11 atom stereocenters. The molecule has 0 aliphatic carbocycles. The Balaban J connectivity index is 1.57. The Kier molecular flexibility index (Phi) is 8.60. The molecular weight excluding hydrogens is 781 g/mol. The number of amides is 4. The second-order valence-electron chi connectivity index (χ2n) is 15.3. The zero-order chi connectivity index (χ0) is 40.2. The largest absolute Gasteiger partial charge is 0.389 e. The van der Waals surface area contributed by atoms with Gasteiger partial charge in [-0.3, -0.25) is 29.0 Å². The van der Waals surface area contributed by atoms with Crippen molar-refractivity contribution in [3.05, 3.63) is 59.7 Å². The summed E-state index contributed by atoms with van der Waals surface area (Å²) in [5.74, 6) is -1.97. The van der Waals surface area contributed by atoms with Crippen LogP contribution in [0.25, 0.3) is 0 Å². The second-order valence-corrected chi connectivity index (χ2v) is 19.5. The highest BCUT2D eigenvalue weighted by molar-refractivity contribution is 8.02. The number of rotatable bonds is 7. The molecule has 4 amide bonds. The van der Waals surface area contributed by atoms with Crippen LogP contribution in [0.4, 0.5) is 11.4 Å². The van der Waals surface area contributed by atoms with Gasteiger partial charge in [0.1, 0.15) is 24.5 Å². The second kappa shape index (κ2) is 12.1. The molecule has 296 valence electrons. The van der Waals surface area contributed by atoms with Crippen molar-refractivity contribution in [3.63, 3.8) is 0 Å². The quantitative estimate of drug-likeness (QED) is 0.373. The maximum atomic E-state index is 15.6. The van der Waals surface area contributed by atoms with Gasteiger partial charge in [-0.2, -0.15) is 0 Å². The van der Waals surface area contributed by atoms with E-state index in [1.807, 2.05) is 79.3 Å². The lowest BCUT2D eigenvalue weighted by atomic mass is 9.52. The number of anilines is 2. The molecule has 0 aromatic heterocycles. The first-order chi connectivity index (χ1) is 26.0. The zero-order valence-electron chi connectivity index (χ0n) is 32.5. The number of para-hydroxylation sites is 2. The van der Waals surface area contributed by atoms with Crippen LogP contribution in [-0.4, -0.2) is 162 Å². The van der Waals surface area contributed by atoms with E-state index < -0.39 is 78.7 Å². The third-order valence-electron chi connectivity index (χ3n) is 14.2. The minimum Gasteiger partial charge on any atom is -0.389 e. The molecule has 0 saturated carbocycles. The molecule has 55 heavy (non-hydrogen) atoms. The van der Waals surface area contributed by atoms with Gasteiger partial charge >= 0.3 is 0 Å². The van der Waals surface area contributed by atoms with Gasteiger partial charge in [-0.15, -0.1) is 47.0 Å². The Bertz CT molecular complexity index is 2040. The van der Waals surface area contributed by atoms with Crippen molar-refractivity contribution in [1.29, 1.82) is 0 Å². The number of benzene rings is 2. The molecule has 13 nitrogen and oxygen atoms in total. The van der Waals surface area contributed by atoms with Gasteiger partial charge in [-0.05, 0) is 61.6 Å². The number of fused-ring (bicyclic) bond motifs is 11. The van der Waals surface area contributed by atoms with E-state index in [1.165, 1.54) is 40.4 Å². The lowest BCUT2D eigenvalue weighted by molar-refractivity contribution is -0.172. The average Bonchev–Trinajstić information content (AvgIpc) is 3.79. The maximum absolute atomic E-state index is 15.6. The molecule has 2 aromatic carbocycles. The number of nitrogens with zero attached hydrogens (tertiary/aromatic N) is 6. The van der Waals surface area contributed by atoms with Crippen LogP contribution < -0.4 is 9.80 Å². The van der Waals surface area contributed by atoms with E-state index in [9.17, 15) is 15.3 Å². The highest BCUT2D eigenvalue weighted by Gasteiger charge is 2.92. The Hall–Kier alpha value is -2.80. The van der Waals surface area contributed by atoms with Gasteiger partial charge in [-0.1, -0.05) is 43.3 Å². The lowest BCUT2D eigenvalue weighted by Gasteiger charge is -2.55. The van der Waals surface area contributed by atoms with E-state index in [-0.39, 0.29) is 5.91 Å². The molecule has 4 fully saturated rings. The standard InChI is InChI=1S/C38H48N6O7S4/c1-11-33(52-7)29(48)43-27-34(21-16-12-14-18-23(21)39(27)3,25(46)37(43,54-9)30(49)41(33)5)35-22-17-13-15-19-24(22)40(4)28(35)44-32(51)36(53-8,20(2)45)42(6)31(50)38(44,55-10)26(35)47/h12-20,25-28,45-47H,11H2,1-10H3/t20-,25+,26+,27-,28-,33?,34?,35?,36?,37?,38?/m1/s1. The van der Waals surface area contributed by atoms with Crippen LogP contribution >= 0.6 is 47.0 Å². The average molecular weight is 829 g/mol. The topological polar surface area (TPSA) is 148 Å². The number of hydrogen-bond acceptors (Lipinski definition) is 13. The molecule has 0 radical (unpaired) electrons. The van der Waals surface area contributed by atoms with Gasteiger partial charge in [0.2, 0.25) is 0 Å². The SMILES string of the molecule is CCC1(SC)C(=O)N2[C@H]3N(C)c4ccccc4C3(C34c5ccccc5N(C)[C@@H]3N3C(=O)C(SC)([C@@H](C)O)N(C)C(=O)C3(SC)[C@H]4O)[C@H](O)C2(SC)C(=O)N1C. The number of carbonyl (C=O) groups is 4. The van der Waals surface area contributed by atoms with Crippen LogP contribution in [-0.2, 0) is 30.0 Å². The summed E-state index contributed by atoms with van der Waals surface area (Å²) in [6.45, 7) is 3.34. The monoisotopic (exact) mass is 828 g/mol. The fraction of sp³-hybridized carbons (Fsp3) is 0.579. The van der Waals surface area contributed by atoms with Crippen molar-refractivity contribution in [2.75, 3.05) is 63.0 Å².